The van der Waals surface area contributed by atoms with Gasteiger partial charge < -0.3 is 10.1 Å². The van der Waals surface area contributed by atoms with Crippen molar-refractivity contribution in [3.8, 4) is 11.5 Å². The van der Waals surface area contributed by atoms with Crippen LogP contribution in [0.15, 0.2) is 40.9 Å². The van der Waals surface area contributed by atoms with Crippen molar-refractivity contribution in [2.24, 2.45) is 0 Å². The summed E-state index contributed by atoms with van der Waals surface area (Å²) in [5.41, 5.74) is 1.09. The zero-order chi connectivity index (χ0) is 13.8. The summed E-state index contributed by atoms with van der Waals surface area (Å²) >= 11 is 3.39. The number of hydrogen-bond acceptors (Lipinski definition) is 2. The van der Waals surface area contributed by atoms with E-state index in [-0.39, 0.29) is 5.75 Å². The molecule has 0 bridgehead atoms. The second-order valence-corrected chi connectivity index (χ2v) is 4.83. The number of ether oxygens (including phenoxy) is 1. The van der Waals surface area contributed by atoms with E-state index in [1.807, 2.05) is 19.2 Å². The van der Waals surface area contributed by atoms with Crippen molar-refractivity contribution in [1.82, 2.24) is 5.32 Å². The van der Waals surface area contributed by atoms with Gasteiger partial charge in [-0.25, -0.2) is 8.78 Å². The lowest BCUT2D eigenvalue weighted by Crippen LogP contribution is -2.04. The molecule has 0 unspecified atom stereocenters. The molecule has 2 aromatic rings. The Labute approximate surface area is 118 Å². The average Bonchev–Trinajstić information content (AvgIpc) is 2.37. The molecular formula is C14H12BrF2NO. The van der Waals surface area contributed by atoms with E-state index in [1.54, 1.807) is 6.07 Å². The molecule has 0 fully saturated rings. The molecule has 0 radical (unpaired) electrons. The van der Waals surface area contributed by atoms with Crippen molar-refractivity contribution in [1.29, 1.82) is 0 Å². The van der Waals surface area contributed by atoms with Crippen LogP contribution in [0.25, 0.3) is 0 Å². The van der Waals surface area contributed by atoms with E-state index in [2.05, 4.69) is 21.2 Å². The van der Waals surface area contributed by atoms with Crippen LogP contribution in [0.2, 0.25) is 0 Å². The number of hydrogen-bond donors (Lipinski definition) is 1. The minimum Gasteiger partial charge on any atom is -0.456 e. The van der Waals surface area contributed by atoms with Gasteiger partial charge in [-0.15, -0.1) is 0 Å². The van der Waals surface area contributed by atoms with Crippen molar-refractivity contribution in [2.45, 2.75) is 6.54 Å². The molecule has 0 spiro atoms. The molecule has 2 rings (SSSR count). The summed E-state index contributed by atoms with van der Waals surface area (Å²) in [6.07, 6.45) is 0. The summed E-state index contributed by atoms with van der Waals surface area (Å²) in [5.74, 6) is -1.02. The van der Waals surface area contributed by atoms with Crippen LogP contribution in [-0.4, -0.2) is 7.05 Å². The molecular weight excluding hydrogens is 316 g/mol. The summed E-state index contributed by atoms with van der Waals surface area (Å²) in [6, 6.07) is 9.02. The lowest BCUT2D eigenvalue weighted by Gasteiger charge is -2.09. The molecule has 1 N–H and O–H groups in total. The first-order chi connectivity index (χ1) is 9.10. The standard InChI is InChI=1S/C14H12BrF2NO/c1-18-8-9-2-5-14(11(15)6-9)19-10-3-4-12(16)13(17)7-10/h2-7,18H,8H2,1H3. The van der Waals surface area contributed by atoms with Gasteiger partial charge in [-0.05, 0) is 52.8 Å². The Bertz CT molecular complexity index is 590. The zero-order valence-electron chi connectivity index (χ0n) is 10.2. The SMILES string of the molecule is CNCc1ccc(Oc2ccc(F)c(F)c2)c(Br)c1. The van der Waals surface area contributed by atoms with Crippen LogP contribution >= 0.6 is 15.9 Å². The van der Waals surface area contributed by atoms with E-state index in [9.17, 15) is 8.78 Å². The minimum atomic E-state index is -0.930. The van der Waals surface area contributed by atoms with Gasteiger partial charge in [0.2, 0.25) is 0 Å². The highest BCUT2D eigenvalue weighted by atomic mass is 79.9. The number of nitrogens with one attached hydrogen (secondary N) is 1. The van der Waals surface area contributed by atoms with E-state index in [0.717, 1.165) is 28.7 Å². The van der Waals surface area contributed by atoms with Gasteiger partial charge in [0.15, 0.2) is 11.6 Å². The molecule has 5 heteroatoms. The third-order valence-electron chi connectivity index (χ3n) is 2.50. The molecule has 2 aromatic carbocycles. The largest absolute Gasteiger partial charge is 0.456 e. The number of benzene rings is 2. The first-order valence-corrected chi connectivity index (χ1v) is 6.45. The van der Waals surface area contributed by atoms with E-state index in [1.165, 1.54) is 6.07 Å². The van der Waals surface area contributed by atoms with Gasteiger partial charge in [-0.1, -0.05) is 6.07 Å². The van der Waals surface area contributed by atoms with Crippen LogP contribution in [0.1, 0.15) is 5.56 Å². The quantitative estimate of drug-likeness (QED) is 0.906. The molecule has 0 amide bonds. The van der Waals surface area contributed by atoms with Crippen LogP contribution in [0.3, 0.4) is 0 Å². The number of rotatable bonds is 4. The average molecular weight is 328 g/mol. The fourth-order valence-corrected chi connectivity index (χ4v) is 2.12. The van der Waals surface area contributed by atoms with Crippen LogP contribution in [0, 0.1) is 11.6 Å². The summed E-state index contributed by atoms with van der Waals surface area (Å²) < 4.78 is 32.1. The molecule has 0 aliphatic heterocycles. The Kier molecular flexibility index (Phi) is 4.50. The van der Waals surface area contributed by atoms with Gasteiger partial charge in [-0.2, -0.15) is 0 Å². The lowest BCUT2D eigenvalue weighted by atomic mass is 10.2. The minimum absolute atomic E-state index is 0.251. The first kappa shape index (κ1) is 14.0. The molecule has 0 aromatic heterocycles. The Morgan fingerprint density at radius 3 is 2.53 bits per heavy atom. The van der Waals surface area contributed by atoms with E-state index >= 15 is 0 Å². The Balaban J connectivity index is 2.20. The maximum atomic E-state index is 13.1. The van der Waals surface area contributed by atoms with Gasteiger partial charge in [0.1, 0.15) is 11.5 Å². The molecule has 0 aliphatic rings. The Morgan fingerprint density at radius 1 is 1.11 bits per heavy atom. The van der Waals surface area contributed by atoms with Gasteiger partial charge >= 0.3 is 0 Å². The van der Waals surface area contributed by atoms with E-state index in [0.29, 0.717) is 5.75 Å². The van der Waals surface area contributed by atoms with Gasteiger partial charge in [0.05, 0.1) is 4.47 Å². The summed E-state index contributed by atoms with van der Waals surface area (Å²) in [6.45, 7) is 0.740. The normalized spacial score (nSPS) is 10.5. The summed E-state index contributed by atoms with van der Waals surface area (Å²) in [7, 11) is 1.86. The van der Waals surface area contributed by atoms with Crippen molar-refractivity contribution in [3.05, 3.63) is 58.1 Å². The highest BCUT2D eigenvalue weighted by Crippen LogP contribution is 2.31. The highest BCUT2D eigenvalue weighted by molar-refractivity contribution is 9.10. The van der Waals surface area contributed by atoms with Gasteiger partial charge in [0.25, 0.3) is 0 Å². The fourth-order valence-electron chi connectivity index (χ4n) is 1.61. The van der Waals surface area contributed by atoms with Crippen molar-refractivity contribution < 1.29 is 13.5 Å². The molecule has 0 saturated heterocycles. The third kappa shape index (κ3) is 3.52. The smallest absolute Gasteiger partial charge is 0.162 e. The van der Waals surface area contributed by atoms with Crippen LogP contribution < -0.4 is 10.1 Å². The molecule has 0 heterocycles. The van der Waals surface area contributed by atoms with Crippen molar-refractivity contribution in [2.75, 3.05) is 7.05 Å². The molecule has 0 atom stereocenters. The lowest BCUT2D eigenvalue weighted by molar-refractivity contribution is 0.459. The fraction of sp³-hybridized carbons (Fsp3) is 0.143. The Morgan fingerprint density at radius 2 is 1.89 bits per heavy atom. The van der Waals surface area contributed by atoms with E-state index < -0.39 is 11.6 Å². The van der Waals surface area contributed by atoms with Crippen molar-refractivity contribution >= 4 is 15.9 Å². The maximum absolute atomic E-state index is 13.1. The second-order valence-electron chi connectivity index (χ2n) is 3.97. The topological polar surface area (TPSA) is 21.3 Å². The Hall–Kier alpha value is -1.46. The van der Waals surface area contributed by atoms with Crippen LogP contribution in [0.4, 0.5) is 8.78 Å². The first-order valence-electron chi connectivity index (χ1n) is 5.66. The predicted molar refractivity (Wildman–Crippen MR) is 73.3 cm³/mol. The monoisotopic (exact) mass is 327 g/mol. The highest BCUT2D eigenvalue weighted by Gasteiger charge is 2.07. The zero-order valence-corrected chi connectivity index (χ0v) is 11.8. The van der Waals surface area contributed by atoms with Gasteiger partial charge in [-0.3, -0.25) is 0 Å². The maximum Gasteiger partial charge on any atom is 0.162 e. The van der Waals surface area contributed by atoms with E-state index in [4.69, 9.17) is 4.74 Å². The van der Waals surface area contributed by atoms with Gasteiger partial charge in [0, 0.05) is 12.6 Å². The molecule has 0 aliphatic carbocycles. The summed E-state index contributed by atoms with van der Waals surface area (Å²) in [5, 5.41) is 3.04. The van der Waals surface area contributed by atoms with Crippen molar-refractivity contribution in [3.63, 3.8) is 0 Å². The predicted octanol–water partition coefficient (Wildman–Crippen LogP) is 4.24. The van der Waals surface area contributed by atoms with Crippen LogP contribution in [0.5, 0.6) is 11.5 Å². The summed E-state index contributed by atoms with van der Waals surface area (Å²) in [4.78, 5) is 0. The number of halogens is 3. The molecule has 19 heavy (non-hydrogen) atoms. The molecule has 100 valence electrons. The van der Waals surface area contributed by atoms with Crippen LogP contribution in [-0.2, 0) is 6.54 Å². The third-order valence-corrected chi connectivity index (χ3v) is 3.12. The second kappa shape index (κ2) is 6.12. The molecule has 0 saturated carbocycles. The molecule has 2 nitrogen and oxygen atoms in total.